The molecular weight excluding hydrogens is 396 g/mol. The third-order valence-electron chi connectivity index (χ3n) is 6.85. The zero-order valence-corrected chi connectivity index (χ0v) is 18.2. The van der Waals surface area contributed by atoms with E-state index in [0.717, 1.165) is 24.0 Å². The van der Waals surface area contributed by atoms with Gasteiger partial charge in [-0.25, -0.2) is 0 Å². The second-order valence-corrected chi connectivity index (χ2v) is 8.88. The molecule has 31 heavy (non-hydrogen) atoms. The van der Waals surface area contributed by atoms with E-state index in [1.165, 1.54) is 6.92 Å². The highest BCUT2D eigenvalue weighted by Gasteiger charge is 2.50. The fourth-order valence-electron chi connectivity index (χ4n) is 5.34. The van der Waals surface area contributed by atoms with Crippen LogP contribution in [-0.4, -0.2) is 34.2 Å². The summed E-state index contributed by atoms with van der Waals surface area (Å²) in [6, 6.07) is 3.78. The molecule has 3 unspecified atom stereocenters. The molecule has 0 radical (unpaired) electrons. The number of unbranched alkanes of at least 4 members (excludes halogenated alkanes) is 1. The van der Waals surface area contributed by atoms with E-state index in [0.29, 0.717) is 30.8 Å². The molecule has 0 amide bonds. The topological polar surface area (TPSA) is 101 Å². The molecular formula is C25H28O6. The largest absolute Gasteiger partial charge is 0.511 e. The van der Waals surface area contributed by atoms with Crippen molar-refractivity contribution in [2.24, 2.45) is 17.8 Å². The van der Waals surface area contributed by atoms with E-state index in [1.807, 2.05) is 19.1 Å². The van der Waals surface area contributed by atoms with Crippen LogP contribution in [0.2, 0.25) is 0 Å². The minimum absolute atomic E-state index is 0.0614. The molecule has 6 nitrogen and oxygen atoms in total. The third kappa shape index (κ3) is 3.38. The number of fused-ring (bicyclic) bond motifs is 3. The molecule has 3 aliphatic rings. The molecule has 164 valence electrons. The van der Waals surface area contributed by atoms with E-state index in [-0.39, 0.29) is 35.2 Å². The second kappa shape index (κ2) is 7.98. The van der Waals surface area contributed by atoms with Crippen molar-refractivity contribution in [3.8, 4) is 5.75 Å². The van der Waals surface area contributed by atoms with Crippen molar-refractivity contribution in [3.05, 3.63) is 45.7 Å². The first-order valence-electron chi connectivity index (χ1n) is 11.0. The van der Waals surface area contributed by atoms with Gasteiger partial charge in [0, 0.05) is 12.0 Å². The molecule has 1 aromatic carbocycles. The van der Waals surface area contributed by atoms with Crippen LogP contribution in [0, 0.1) is 24.7 Å². The third-order valence-corrected chi connectivity index (χ3v) is 6.85. The molecule has 0 heterocycles. The van der Waals surface area contributed by atoms with Crippen molar-refractivity contribution >= 4 is 23.1 Å². The van der Waals surface area contributed by atoms with Crippen LogP contribution in [0.1, 0.15) is 56.2 Å². The first kappa shape index (κ1) is 21.3. The van der Waals surface area contributed by atoms with E-state index < -0.39 is 29.0 Å². The number of Topliss-reactive ketones (excluding diaryl/α,β-unsaturated/α-hetero) is 3. The van der Waals surface area contributed by atoms with Crippen LogP contribution in [0.25, 0.3) is 5.76 Å². The Hall–Kier alpha value is -2.89. The number of ether oxygens (including phenoxy) is 1. The predicted molar refractivity (Wildman–Crippen MR) is 115 cm³/mol. The van der Waals surface area contributed by atoms with E-state index in [1.54, 1.807) is 0 Å². The highest BCUT2D eigenvalue weighted by Crippen LogP contribution is 2.50. The maximum Gasteiger partial charge on any atom is 0.173 e. The number of hydrogen-bond acceptors (Lipinski definition) is 6. The average molecular weight is 424 g/mol. The summed E-state index contributed by atoms with van der Waals surface area (Å²) in [5, 5.41) is 21.9. The van der Waals surface area contributed by atoms with Crippen LogP contribution in [-0.2, 0) is 20.8 Å². The summed E-state index contributed by atoms with van der Waals surface area (Å²) in [4.78, 5) is 37.8. The van der Waals surface area contributed by atoms with Gasteiger partial charge in [-0.15, -0.1) is 0 Å². The molecule has 0 aliphatic heterocycles. The summed E-state index contributed by atoms with van der Waals surface area (Å²) in [6.07, 6.45) is 2.99. The first-order chi connectivity index (χ1) is 14.8. The van der Waals surface area contributed by atoms with Crippen LogP contribution in [0.3, 0.4) is 0 Å². The van der Waals surface area contributed by atoms with E-state index in [2.05, 4.69) is 6.92 Å². The lowest BCUT2D eigenvalue weighted by atomic mass is 9.61. The minimum atomic E-state index is -0.958. The fraction of sp³-hybridized carbons (Fsp3) is 0.480. The van der Waals surface area contributed by atoms with Gasteiger partial charge in [0.2, 0.25) is 0 Å². The maximum atomic E-state index is 13.5. The Kier molecular flexibility index (Phi) is 5.50. The molecule has 1 fully saturated rings. The van der Waals surface area contributed by atoms with Gasteiger partial charge in [0.05, 0.1) is 23.7 Å². The molecule has 0 spiro atoms. The Balaban J connectivity index is 1.81. The molecule has 1 aromatic rings. The zero-order chi connectivity index (χ0) is 22.4. The predicted octanol–water partition coefficient (Wildman–Crippen LogP) is 4.19. The van der Waals surface area contributed by atoms with Crippen LogP contribution < -0.4 is 4.74 Å². The number of rotatable bonds is 5. The van der Waals surface area contributed by atoms with Crippen LogP contribution >= 0.6 is 0 Å². The Bertz CT molecular complexity index is 1040. The van der Waals surface area contributed by atoms with E-state index in [9.17, 15) is 24.6 Å². The van der Waals surface area contributed by atoms with Gasteiger partial charge in [-0.1, -0.05) is 19.4 Å². The van der Waals surface area contributed by atoms with Crippen molar-refractivity contribution < 1.29 is 29.3 Å². The lowest BCUT2D eigenvalue weighted by molar-refractivity contribution is -0.127. The lowest BCUT2D eigenvalue weighted by Gasteiger charge is -2.41. The summed E-state index contributed by atoms with van der Waals surface area (Å²) < 4.78 is 5.92. The van der Waals surface area contributed by atoms with Crippen LogP contribution in [0.5, 0.6) is 5.75 Å². The van der Waals surface area contributed by atoms with Gasteiger partial charge in [-0.05, 0) is 62.1 Å². The number of aliphatic hydroxyl groups excluding tert-OH is 2. The molecule has 0 saturated heterocycles. The molecule has 3 atom stereocenters. The summed E-state index contributed by atoms with van der Waals surface area (Å²) >= 11 is 0. The quantitative estimate of drug-likeness (QED) is 0.543. The standard InChI is InChI=1S/C25H28O6/c1-4-5-8-31-18-7-6-12(2)16-10-14-9-15-11-17(27)19(13(3)26)23(28)21(15)24(29)20(14)25(30)22(16)18/h6-7,14-15,21,28,30H,4-5,8-11H2,1-3H3. The maximum absolute atomic E-state index is 13.5. The highest BCUT2D eigenvalue weighted by atomic mass is 16.5. The number of ketones is 3. The SMILES string of the molecule is CCCCOc1ccc(C)c2c1C(O)=C1C(=O)C3C(O)=C(C(C)=O)C(=O)CC3CC1C2. The Morgan fingerprint density at radius 1 is 1.19 bits per heavy atom. The smallest absolute Gasteiger partial charge is 0.173 e. The Morgan fingerprint density at radius 3 is 2.61 bits per heavy atom. The fourth-order valence-corrected chi connectivity index (χ4v) is 5.34. The normalized spacial score (nSPS) is 25.2. The number of benzene rings is 1. The van der Waals surface area contributed by atoms with Crippen molar-refractivity contribution in [2.45, 2.75) is 52.9 Å². The van der Waals surface area contributed by atoms with Gasteiger partial charge < -0.3 is 14.9 Å². The number of aryl methyl sites for hydroxylation is 1. The van der Waals surface area contributed by atoms with Crippen LogP contribution in [0.4, 0.5) is 0 Å². The van der Waals surface area contributed by atoms with Crippen molar-refractivity contribution in [1.29, 1.82) is 0 Å². The van der Waals surface area contributed by atoms with Gasteiger partial charge in [0.1, 0.15) is 17.3 Å². The number of aliphatic hydroxyl groups is 2. The van der Waals surface area contributed by atoms with Gasteiger partial charge in [-0.2, -0.15) is 0 Å². The van der Waals surface area contributed by atoms with E-state index in [4.69, 9.17) is 4.74 Å². The summed E-state index contributed by atoms with van der Waals surface area (Å²) in [6.45, 7) is 5.78. The Labute approximate surface area is 181 Å². The summed E-state index contributed by atoms with van der Waals surface area (Å²) in [5.41, 5.74) is 2.53. The van der Waals surface area contributed by atoms with Crippen molar-refractivity contribution in [1.82, 2.24) is 0 Å². The number of allylic oxidation sites excluding steroid dienone is 3. The Morgan fingerprint density at radius 2 is 1.94 bits per heavy atom. The van der Waals surface area contributed by atoms with Gasteiger partial charge in [-0.3, -0.25) is 14.4 Å². The van der Waals surface area contributed by atoms with Gasteiger partial charge in [0.25, 0.3) is 0 Å². The average Bonchev–Trinajstić information content (AvgIpc) is 2.69. The van der Waals surface area contributed by atoms with E-state index >= 15 is 0 Å². The molecule has 0 aromatic heterocycles. The minimum Gasteiger partial charge on any atom is -0.511 e. The molecule has 3 aliphatic carbocycles. The first-order valence-corrected chi connectivity index (χ1v) is 11.0. The number of carbonyl (C=O) groups is 3. The van der Waals surface area contributed by atoms with Crippen LogP contribution in [0.15, 0.2) is 29.0 Å². The highest BCUT2D eigenvalue weighted by molar-refractivity contribution is 6.21. The summed E-state index contributed by atoms with van der Waals surface area (Å²) in [5.74, 6) is -2.88. The lowest BCUT2D eigenvalue weighted by Crippen LogP contribution is -2.43. The van der Waals surface area contributed by atoms with Crippen molar-refractivity contribution in [2.75, 3.05) is 6.61 Å². The number of hydrogen-bond donors (Lipinski definition) is 2. The monoisotopic (exact) mass is 424 g/mol. The van der Waals surface area contributed by atoms with Gasteiger partial charge in [0.15, 0.2) is 17.3 Å². The molecule has 0 bridgehead atoms. The van der Waals surface area contributed by atoms with Gasteiger partial charge >= 0.3 is 0 Å². The molecule has 4 rings (SSSR count). The number of carbonyl (C=O) groups excluding carboxylic acids is 3. The molecule has 1 saturated carbocycles. The second-order valence-electron chi connectivity index (χ2n) is 8.88. The summed E-state index contributed by atoms with van der Waals surface area (Å²) in [7, 11) is 0. The molecule has 6 heteroatoms. The molecule has 2 N–H and O–H groups in total. The van der Waals surface area contributed by atoms with Crippen molar-refractivity contribution in [3.63, 3.8) is 0 Å². The zero-order valence-electron chi connectivity index (χ0n) is 18.2.